The highest BCUT2D eigenvalue weighted by Gasteiger charge is 2.23. The summed E-state index contributed by atoms with van der Waals surface area (Å²) in [6, 6.07) is 14.3. The average Bonchev–Trinajstić information content (AvgIpc) is 2.53. The molecule has 2 aromatic carbocycles. The molecule has 0 fully saturated rings. The van der Waals surface area contributed by atoms with Crippen LogP contribution in [0.5, 0.6) is 0 Å². The minimum atomic E-state index is -3.93. The summed E-state index contributed by atoms with van der Waals surface area (Å²) in [6.07, 6.45) is 0. The van der Waals surface area contributed by atoms with Crippen LogP contribution in [0, 0.1) is 0 Å². The van der Waals surface area contributed by atoms with Crippen molar-refractivity contribution in [2.45, 2.75) is 10.9 Å². The highest BCUT2D eigenvalue weighted by Crippen LogP contribution is 2.21. The minimum Gasteiger partial charge on any atom is -0.480 e. The van der Waals surface area contributed by atoms with Crippen LogP contribution in [0.3, 0.4) is 0 Å². The molecular formula is C15H16N2O4S. The Bertz CT molecular complexity index is 743. The molecule has 0 unspecified atom stereocenters. The molecule has 4 N–H and O–H groups in total. The van der Waals surface area contributed by atoms with Crippen LogP contribution in [-0.2, 0) is 14.8 Å². The maximum atomic E-state index is 12.1. The molecule has 0 radical (unpaired) electrons. The zero-order chi connectivity index (χ0) is 16.2. The number of benzene rings is 2. The molecule has 1 atom stereocenters. The standard InChI is InChI=1S/C15H16N2O4S/c16-10-14(15(18)19)17-22(20,21)13-8-6-12(7-9-13)11-4-2-1-3-5-11/h1-9,14,17H,10,16H2,(H,18,19)/t14-/m0/s1. The van der Waals surface area contributed by atoms with Crippen molar-refractivity contribution in [2.75, 3.05) is 6.54 Å². The van der Waals surface area contributed by atoms with E-state index in [4.69, 9.17) is 10.8 Å². The predicted molar refractivity (Wildman–Crippen MR) is 82.7 cm³/mol. The lowest BCUT2D eigenvalue weighted by Crippen LogP contribution is -2.45. The first-order chi connectivity index (χ1) is 10.4. The molecule has 0 bridgehead atoms. The van der Waals surface area contributed by atoms with Crippen molar-refractivity contribution in [2.24, 2.45) is 5.73 Å². The average molecular weight is 320 g/mol. The molecule has 0 aliphatic carbocycles. The number of carboxylic acids is 1. The van der Waals surface area contributed by atoms with Crippen LogP contribution >= 0.6 is 0 Å². The van der Waals surface area contributed by atoms with E-state index in [-0.39, 0.29) is 11.4 Å². The predicted octanol–water partition coefficient (Wildman–Crippen LogP) is 1.04. The van der Waals surface area contributed by atoms with Gasteiger partial charge in [-0.25, -0.2) is 8.42 Å². The quantitative estimate of drug-likeness (QED) is 0.737. The third-order valence-electron chi connectivity index (χ3n) is 3.10. The third kappa shape index (κ3) is 3.70. The molecule has 0 saturated carbocycles. The maximum absolute atomic E-state index is 12.1. The van der Waals surface area contributed by atoms with Gasteiger partial charge in [0, 0.05) is 6.54 Å². The van der Waals surface area contributed by atoms with Crippen molar-refractivity contribution < 1.29 is 18.3 Å². The summed E-state index contributed by atoms with van der Waals surface area (Å²) < 4.78 is 26.3. The van der Waals surface area contributed by atoms with Gasteiger partial charge in [-0.05, 0) is 23.3 Å². The van der Waals surface area contributed by atoms with Gasteiger partial charge in [-0.15, -0.1) is 0 Å². The second-order valence-electron chi connectivity index (χ2n) is 4.64. The first-order valence-corrected chi connectivity index (χ1v) is 8.03. The molecule has 0 saturated heterocycles. The number of rotatable bonds is 6. The molecule has 0 aliphatic rings. The van der Waals surface area contributed by atoms with E-state index in [9.17, 15) is 13.2 Å². The number of hydrogen-bond donors (Lipinski definition) is 3. The van der Waals surface area contributed by atoms with E-state index >= 15 is 0 Å². The van der Waals surface area contributed by atoms with Crippen LogP contribution in [0.15, 0.2) is 59.5 Å². The molecule has 0 spiro atoms. The van der Waals surface area contributed by atoms with E-state index in [1.807, 2.05) is 30.3 Å². The lowest BCUT2D eigenvalue weighted by molar-refractivity contribution is -0.138. The molecule has 0 aliphatic heterocycles. The Hall–Kier alpha value is -2.22. The van der Waals surface area contributed by atoms with E-state index in [1.54, 1.807) is 12.1 Å². The molecule has 7 heteroatoms. The van der Waals surface area contributed by atoms with Crippen LogP contribution in [0.1, 0.15) is 0 Å². The van der Waals surface area contributed by atoms with E-state index in [2.05, 4.69) is 4.72 Å². The van der Waals surface area contributed by atoms with Crippen molar-refractivity contribution in [3.8, 4) is 11.1 Å². The lowest BCUT2D eigenvalue weighted by atomic mass is 10.1. The van der Waals surface area contributed by atoms with Crippen LogP contribution < -0.4 is 10.5 Å². The molecule has 0 amide bonds. The summed E-state index contributed by atoms with van der Waals surface area (Å²) in [7, 11) is -3.93. The lowest BCUT2D eigenvalue weighted by Gasteiger charge is -2.13. The molecular weight excluding hydrogens is 304 g/mol. The zero-order valence-corrected chi connectivity index (χ0v) is 12.5. The number of carboxylic acid groups (broad SMARTS) is 1. The molecule has 22 heavy (non-hydrogen) atoms. The van der Waals surface area contributed by atoms with Crippen LogP contribution in [0.4, 0.5) is 0 Å². The Morgan fingerprint density at radius 3 is 2.09 bits per heavy atom. The molecule has 116 valence electrons. The fraction of sp³-hybridized carbons (Fsp3) is 0.133. The normalized spacial score (nSPS) is 12.8. The van der Waals surface area contributed by atoms with E-state index in [0.717, 1.165) is 11.1 Å². The van der Waals surface area contributed by atoms with Gasteiger partial charge >= 0.3 is 5.97 Å². The minimum absolute atomic E-state index is 0.00752. The molecule has 2 aromatic rings. The van der Waals surface area contributed by atoms with Gasteiger partial charge in [-0.2, -0.15) is 4.72 Å². The Labute approximate surface area is 128 Å². The first kappa shape index (κ1) is 16.2. The van der Waals surface area contributed by atoms with Gasteiger partial charge in [0.2, 0.25) is 10.0 Å². The summed E-state index contributed by atoms with van der Waals surface area (Å²) in [4.78, 5) is 10.9. The summed E-state index contributed by atoms with van der Waals surface area (Å²) in [6.45, 7) is -0.323. The number of carbonyl (C=O) groups is 1. The van der Waals surface area contributed by atoms with Gasteiger partial charge in [-0.1, -0.05) is 42.5 Å². The summed E-state index contributed by atoms with van der Waals surface area (Å²) in [5.74, 6) is -1.31. The monoisotopic (exact) mass is 320 g/mol. The first-order valence-electron chi connectivity index (χ1n) is 6.55. The third-order valence-corrected chi connectivity index (χ3v) is 4.59. The maximum Gasteiger partial charge on any atom is 0.323 e. The summed E-state index contributed by atoms with van der Waals surface area (Å²) >= 11 is 0. The number of aliphatic carboxylic acids is 1. The highest BCUT2D eigenvalue weighted by molar-refractivity contribution is 7.89. The van der Waals surface area contributed by atoms with Crippen molar-refractivity contribution in [1.29, 1.82) is 0 Å². The largest absolute Gasteiger partial charge is 0.480 e. The Morgan fingerprint density at radius 2 is 1.59 bits per heavy atom. The highest BCUT2D eigenvalue weighted by atomic mass is 32.2. The van der Waals surface area contributed by atoms with Crippen molar-refractivity contribution in [3.05, 3.63) is 54.6 Å². The Balaban J connectivity index is 2.24. The van der Waals surface area contributed by atoms with Crippen LogP contribution in [0.25, 0.3) is 11.1 Å². The van der Waals surface area contributed by atoms with Crippen LogP contribution in [0.2, 0.25) is 0 Å². The fourth-order valence-corrected chi connectivity index (χ4v) is 3.11. The SMILES string of the molecule is NC[C@H](NS(=O)(=O)c1ccc(-c2ccccc2)cc1)C(=O)O. The zero-order valence-electron chi connectivity index (χ0n) is 11.6. The smallest absolute Gasteiger partial charge is 0.323 e. The molecule has 0 aromatic heterocycles. The van der Waals surface area contributed by atoms with Crippen LogP contribution in [-0.4, -0.2) is 32.1 Å². The topological polar surface area (TPSA) is 109 Å². The summed E-state index contributed by atoms with van der Waals surface area (Å²) in [5.41, 5.74) is 7.08. The van der Waals surface area contributed by atoms with Gasteiger partial charge in [0.15, 0.2) is 0 Å². The van der Waals surface area contributed by atoms with Crippen molar-refractivity contribution >= 4 is 16.0 Å². The van der Waals surface area contributed by atoms with E-state index in [1.165, 1.54) is 12.1 Å². The van der Waals surface area contributed by atoms with Crippen molar-refractivity contribution in [1.82, 2.24) is 4.72 Å². The molecule has 0 heterocycles. The van der Waals surface area contributed by atoms with Gasteiger partial charge in [0.25, 0.3) is 0 Å². The van der Waals surface area contributed by atoms with Gasteiger partial charge in [0.1, 0.15) is 6.04 Å². The summed E-state index contributed by atoms with van der Waals surface area (Å²) in [5, 5.41) is 8.87. The van der Waals surface area contributed by atoms with Gasteiger partial charge in [0.05, 0.1) is 4.90 Å². The number of sulfonamides is 1. The Kier molecular flexibility index (Phi) is 4.92. The number of nitrogens with one attached hydrogen (secondary N) is 1. The van der Waals surface area contributed by atoms with Gasteiger partial charge < -0.3 is 10.8 Å². The second kappa shape index (κ2) is 6.69. The Morgan fingerprint density at radius 1 is 1.05 bits per heavy atom. The fourth-order valence-electron chi connectivity index (χ4n) is 1.91. The molecule has 2 rings (SSSR count). The van der Waals surface area contributed by atoms with Gasteiger partial charge in [-0.3, -0.25) is 4.79 Å². The number of hydrogen-bond acceptors (Lipinski definition) is 4. The number of nitrogens with two attached hydrogens (primary N) is 1. The molecule has 6 nitrogen and oxygen atoms in total. The second-order valence-corrected chi connectivity index (χ2v) is 6.35. The van der Waals surface area contributed by atoms with E-state index in [0.29, 0.717) is 0 Å². The van der Waals surface area contributed by atoms with E-state index < -0.39 is 22.0 Å². The van der Waals surface area contributed by atoms with Crippen molar-refractivity contribution in [3.63, 3.8) is 0 Å².